The van der Waals surface area contributed by atoms with Gasteiger partial charge in [0.05, 0.1) is 23.1 Å². The monoisotopic (exact) mass is 469 g/mol. The standard InChI is InChI=1S/C21H15F4NO5S/c1-30-19-10-13(22)6-8-17(19)31-18-9-12(21(23,24)25)5-7-16(18)20(27)26-14-3-2-4-15(11-14)32(28)29/h2-10H,11H2,1H3,(H,26,27). The number of hydrogen-bond donors (Lipinski definition) is 1. The fourth-order valence-electron chi connectivity index (χ4n) is 2.81. The number of carbonyl (C=O) groups excluding carboxylic acids is 1. The number of alkyl halides is 3. The Morgan fingerprint density at radius 3 is 2.47 bits per heavy atom. The Hall–Kier alpha value is -3.60. The number of ether oxygens (including phenoxy) is 2. The molecule has 0 radical (unpaired) electrons. The van der Waals surface area contributed by atoms with Crippen molar-refractivity contribution in [2.75, 3.05) is 7.11 Å². The van der Waals surface area contributed by atoms with E-state index in [1.54, 1.807) is 0 Å². The van der Waals surface area contributed by atoms with Gasteiger partial charge in [-0.25, -0.2) is 4.39 Å². The molecule has 3 rings (SSSR count). The average Bonchev–Trinajstić information content (AvgIpc) is 2.74. The average molecular weight is 469 g/mol. The molecule has 32 heavy (non-hydrogen) atoms. The molecule has 0 aromatic heterocycles. The van der Waals surface area contributed by atoms with Crippen molar-refractivity contribution < 1.29 is 40.2 Å². The molecule has 1 N–H and O–H groups in total. The number of benzene rings is 2. The second-order valence-corrected chi connectivity index (χ2v) is 7.48. The molecule has 0 unspecified atom stereocenters. The molecule has 1 aliphatic carbocycles. The minimum atomic E-state index is -4.71. The highest BCUT2D eigenvalue weighted by Crippen LogP contribution is 2.37. The predicted octanol–water partition coefficient (Wildman–Crippen LogP) is 4.27. The third kappa shape index (κ3) is 5.35. The maximum absolute atomic E-state index is 13.4. The number of methoxy groups -OCH3 is 1. The molecule has 0 fully saturated rings. The quantitative estimate of drug-likeness (QED) is 0.523. The van der Waals surface area contributed by atoms with Crippen molar-refractivity contribution in [3.8, 4) is 17.2 Å². The number of allylic oxidation sites excluding steroid dienone is 4. The summed E-state index contributed by atoms with van der Waals surface area (Å²) in [7, 11) is -1.27. The first kappa shape index (κ1) is 23.1. The van der Waals surface area contributed by atoms with Crippen molar-refractivity contribution in [2.24, 2.45) is 0 Å². The highest BCUT2D eigenvalue weighted by molar-refractivity contribution is 7.73. The van der Waals surface area contributed by atoms with Crippen LogP contribution in [0.1, 0.15) is 22.3 Å². The molecule has 2 aromatic carbocycles. The van der Waals surface area contributed by atoms with Crippen molar-refractivity contribution >= 4 is 21.1 Å². The Bertz CT molecular complexity index is 1260. The maximum Gasteiger partial charge on any atom is 0.416 e. The first-order valence-corrected chi connectivity index (χ1v) is 10.0. The van der Waals surface area contributed by atoms with Gasteiger partial charge in [-0.2, -0.15) is 21.6 Å². The van der Waals surface area contributed by atoms with E-state index in [2.05, 4.69) is 5.32 Å². The molecule has 0 saturated heterocycles. The smallest absolute Gasteiger partial charge is 0.416 e. The van der Waals surface area contributed by atoms with E-state index in [0.29, 0.717) is 12.1 Å². The molecule has 0 bridgehead atoms. The van der Waals surface area contributed by atoms with Crippen LogP contribution in [-0.4, -0.2) is 26.3 Å². The SMILES string of the molecule is COc1cc(F)ccc1Oc1cc(C(F)(F)F)ccc1C(=O)NC1=CC=CC(=S(=O)=O)C1. The van der Waals surface area contributed by atoms with Gasteiger partial charge in [0.15, 0.2) is 11.5 Å². The number of hydrogen-bond acceptors (Lipinski definition) is 5. The van der Waals surface area contributed by atoms with Gasteiger partial charge in [0.2, 0.25) is 10.3 Å². The summed E-state index contributed by atoms with van der Waals surface area (Å²) in [6.45, 7) is 0. The van der Waals surface area contributed by atoms with Crippen LogP contribution in [0.15, 0.2) is 60.3 Å². The summed E-state index contributed by atoms with van der Waals surface area (Å²) in [5, 5.41) is 2.47. The van der Waals surface area contributed by atoms with E-state index < -0.39 is 39.5 Å². The van der Waals surface area contributed by atoms with Gasteiger partial charge >= 0.3 is 6.18 Å². The summed E-state index contributed by atoms with van der Waals surface area (Å²) in [6.07, 6.45) is -0.578. The number of carbonyl (C=O) groups is 1. The molecule has 0 atom stereocenters. The Balaban J connectivity index is 1.99. The second-order valence-electron chi connectivity index (χ2n) is 6.49. The van der Waals surface area contributed by atoms with E-state index in [4.69, 9.17) is 9.47 Å². The van der Waals surface area contributed by atoms with Crippen LogP contribution in [0, 0.1) is 5.82 Å². The van der Waals surface area contributed by atoms with E-state index in [9.17, 15) is 30.8 Å². The lowest BCUT2D eigenvalue weighted by Gasteiger charge is -2.17. The molecule has 6 nitrogen and oxygen atoms in total. The number of amides is 1. The summed E-state index contributed by atoms with van der Waals surface area (Å²) >= 11 is 0. The summed E-state index contributed by atoms with van der Waals surface area (Å²) in [5.41, 5.74) is -1.10. The molecular weight excluding hydrogens is 454 g/mol. The maximum atomic E-state index is 13.4. The van der Waals surface area contributed by atoms with Crippen molar-refractivity contribution in [3.05, 3.63) is 77.3 Å². The van der Waals surface area contributed by atoms with E-state index in [-0.39, 0.29) is 34.0 Å². The van der Waals surface area contributed by atoms with E-state index in [1.807, 2.05) is 0 Å². The highest BCUT2D eigenvalue weighted by atomic mass is 32.2. The van der Waals surface area contributed by atoms with Crippen LogP contribution in [0.25, 0.3) is 0 Å². The zero-order chi connectivity index (χ0) is 23.5. The van der Waals surface area contributed by atoms with E-state index in [1.165, 1.54) is 25.3 Å². The van der Waals surface area contributed by atoms with Gasteiger partial charge in [0.25, 0.3) is 5.91 Å². The molecule has 11 heteroatoms. The number of nitrogens with one attached hydrogen (secondary N) is 1. The van der Waals surface area contributed by atoms with Crippen molar-refractivity contribution in [1.29, 1.82) is 0 Å². The topological polar surface area (TPSA) is 81.7 Å². The molecule has 1 aliphatic rings. The normalized spacial score (nSPS) is 13.4. The minimum Gasteiger partial charge on any atom is -0.493 e. The Labute approximate surface area is 181 Å². The lowest BCUT2D eigenvalue weighted by Crippen LogP contribution is -2.25. The molecule has 0 spiro atoms. The lowest BCUT2D eigenvalue weighted by atomic mass is 10.1. The fraction of sp³-hybridized carbons (Fsp3) is 0.143. The molecule has 0 saturated carbocycles. The second kappa shape index (κ2) is 9.27. The van der Waals surface area contributed by atoms with Crippen LogP contribution in [0.2, 0.25) is 0 Å². The first-order valence-electron chi connectivity index (χ1n) is 8.95. The van der Waals surface area contributed by atoms with Crippen molar-refractivity contribution in [1.82, 2.24) is 5.32 Å². The largest absolute Gasteiger partial charge is 0.493 e. The van der Waals surface area contributed by atoms with Crippen LogP contribution < -0.4 is 14.8 Å². The fourth-order valence-corrected chi connectivity index (χ4v) is 3.27. The molecule has 0 aliphatic heterocycles. The Morgan fingerprint density at radius 2 is 1.81 bits per heavy atom. The molecule has 0 heterocycles. The van der Waals surface area contributed by atoms with Crippen LogP contribution in [-0.2, 0) is 16.5 Å². The predicted molar refractivity (Wildman–Crippen MR) is 108 cm³/mol. The van der Waals surface area contributed by atoms with Gasteiger partial charge < -0.3 is 14.8 Å². The lowest BCUT2D eigenvalue weighted by molar-refractivity contribution is -0.137. The van der Waals surface area contributed by atoms with Crippen molar-refractivity contribution in [2.45, 2.75) is 12.6 Å². The van der Waals surface area contributed by atoms with E-state index in [0.717, 1.165) is 24.3 Å². The van der Waals surface area contributed by atoms with Crippen LogP contribution in [0.3, 0.4) is 0 Å². The highest BCUT2D eigenvalue weighted by Gasteiger charge is 2.32. The van der Waals surface area contributed by atoms with Gasteiger partial charge in [-0.1, -0.05) is 6.08 Å². The van der Waals surface area contributed by atoms with Gasteiger partial charge in [-0.15, -0.1) is 0 Å². The number of rotatable bonds is 5. The summed E-state index contributed by atoms with van der Waals surface area (Å²) in [4.78, 5) is 12.8. The van der Waals surface area contributed by atoms with Crippen LogP contribution in [0.5, 0.6) is 17.2 Å². The van der Waals surface area contributed by atoms with Crippen molar-refractivity contribution in [3.63, 3.8) is 0 Å². The summed E-state index contributed by atoms with van der Waals surface area (Å²) in [6, 6.07) is 5.42. The number of halogens is 4. The van der Waals surface area contributed by atoms with Gasteiger partial charge in [0.1, 0.15) is 11.6 Å². The Morgan fingerprint density at radius 1 is 1.06 bits per heavy atom. The van der Waals surface area contributed by atoms with Gasteiger partial charge in [0, 0.05) is 18.2 Å². The first-order chi connectivity index (χ1) is 15.1. The van der Waals surface area contributed by atoms with Gasteiger partial charge in [-0.05, 0) is 42.5 Å². The Kier molecular flexibility index (Phi) is 6.68. The molecule has 1 amide bonds. The van der Waals surface area contributed by atoms with E-state index >= 15 is 0 Å². The minimum absolute atomic E-state index is 0.0303. The molecule has 168 valence electrons. The molecular formula is C21H15F4NO5S. The summed E-state index contributed by atoms with van der Waals surface area (Å²) in [5.74, 6) is -2.14. The summed E-state index contributed by atoms with van der Waals surface area (Å²) < 4.78 is 85.9. The van der Waals surface area contributed by atoms with Crippen LogP contribution >= 0.6 is 0 Å². The zero-order valence-electron chi connectivity index (χ0n) is 16.4. The third-order valence-corrected chi connectivity index (χ3v) is 5.04. The van der Waals surface area contributed by atoms with Crippen LogP contribution in [0.4, 0.5) is 17.6 Å². The zero-order valence-corrected chi connectivity index (χ0v) is 17.2. The van der Waals surface area contributed by atoms with Gasteiger partial charge in [-0.3, -0.25) is 4.79 Å². The molecule has 2 aromatic rings. The third-order valence-electron chi connectivity index (χ3n) is 4.33.